The van der Waals surface area contributed by atoms with Crippen LogP contribution in [0.3, 0.4) is 0 Å². The number of piperazine rings is 1. The van der Waals surface area contributed by atoms with Crippen LogP contribution in [0.25, 0.3) is 0 Å². The molecule has 3 N–H and O–H groups in total. The van der Waals surface area contributed by atoms with E-state index < -0.39 is 14.8 Å². The molecule has 0 amide bonds. The van der Waals surface area contributed by atoms with Gasteiger partial charge < -0.3 is 20.4 Å². The highest BCUT2D eigenvalue weighted by molar-refractivity contribution is 7.94. The van der Waals surface area contributed by atoms with Crippen LogP contribution in [0.15, 0.2) is 36.5 Å². The largest absolute Gasteiger partial charge is 0.366 e. The first kappa shape index (κ1) is 28.4. The molecule has 1 aliphatic carbocycles. The van der Waals surface area contributed by atoms with Gasteiger partial charge in [-0.05, 0) is 76.1 Å². The number of nitrogens with one attached hydrogen (secondary N) is 3. The average molecular weight is 588 g/mol. The van der Waals surface area contributed by atoms with Crippen molar-refractivity contribution in [3.63, 3.8) is 0 Å². The van der Waals surface area contributed by atoms with Gasteiger partial charge in [-0.15, -0.1) is 0 Å². The van der Waals surface area contributed by atoms with Gasteiger partial charge in [0.15, 0.2) is 0 Å². The fourth-order valence-corrected chi connectivity index (χ4v) is 6.24. The van der Waals surface area contributed by atoms with Crippen LogP contribution in [0.4, 0.5) is 38.9 Å². The van der Waals surface area contributed by atoms with Crippen LogP contribution in [-0.4, -0.2) is 61.3 Å². The molecule has 0 atom stereocenters. The number of nitrogens with zero attached hydrogens (tertiary/aromatic N) is 4. The molecule has 3 aromatic rings. The van der Waals surface area contributed by atoms with Crippen LogP contribution in [-0.2, 0) is 16.4 Å². The highest BCUT2D eigenvalue weighted by Crippen LogP contribution is 2.44. The molecule has 1 saturated heterocycles. The third kappa shape index (κ3) is 5.96. The monoisotopic (exact) mass is 587 g/mol. The highest BCUT2D eigenvalue weighted by Gasteiger charge is 2.50. The second kappa shape index (κ2) is 11.0. The second-order valence-corrected chi connectivity index (χ2v) is 13.4. The Hall–Kier alpha value is -3.15. The molecule has 2 aromatic carbocycles. The van der Waals surface area contributed by atoms with Gasteiger partial charge in [-0.25, -0.2) is 17.8 Å². The lowest BCUT2D eigenvalue weighted by molar-refractivity contribution is 0.311. The maximum Gasteiger partial charge on any atom is 0.238 e. The van der Waals surface area contributed by atoms with Crippen LogP contribution in [0.5, 0.6) is 0 Å². The molecule has 0 bridgehead atoms. The van der Waals surface area contributed by atoms with Crippen molar-refractivity contribution in [2.45, 2.75) is 44.8 Å². The number of hydrogen-bond acceptors (Lipinski definition) is 8. The topological polar surface area (TPSA) is 102 Å². The molecule has 0 radical (unpaired) electrons. The van der Waals surface area contributed by atoms with Crippen molar-refractivity contribution >= 4 is 56.1 Å². The third-order valence-electron chi connectivity index (χ3n) is 7.65. The Bertz CT molecular complexity index is 1520. The smallest absolute Gasteiger partial charge is 0.238 e. The van der Waals surface area contributed by atoms with Crippen molar-refractivity contribution in [3.05, 3.63) is 58.5 Å². The fourth-order valence-electron chi connectivity index (χ4n) is 4.67. The summed E-state index contributed by atoms with van der Waals surface area (Å²) in [5, 5.41) is 6.67. The fraction of sp³-hybridized carbons (Fsp3) is 0.429. The normalized spacial score (nSPS) is 17.0. The molecule has 0 spiro atoms. The molecular formula is C28H35ClFN7O2S. The predicted octanol–water partition coefficient (Wildman–Crippen LogP) is 5.67. The number of sulfonamides is 1. The van der Waals surface area contributed by atoms with E-state index >= 15 is 4.39 Å². The molecule has 12 heteroatoms. The molecule has 2 heterocycles. The van der Waals surface area contributed by atoms with E-state index in [9.17, 15) is 8.42 Å². The molecule has 1 aromatic heterocycles. The summed E-state index contributed by atoms with van der Waals surface area (Å²) in [6, 6.07) is 8.45. The maximum absolute atomic E-state index is 15.4. The van der Waals surface area contributed by atoms with Crippen molar-refractivity contribution in [2.24, 2.45) is 0 Å². The zero-order valence-electron chi connectivity index (χ0n) is 23.2. The Balaban J connectivity index is 1.35. The van der Waals surface area contributed by atoms with Crippen molar-refractivity contribution in [3.8, 4) is 0 Å². The number of halogens is 2. The van der Waals surface area contributed by atoms with Crippen LogP contribution >= 0.6 is 11.6 Å². The molecular weight excluding hydrogens is 553 g/mol. The van der Waals surface area contributed by atoms with Crippen LogP contribution in [0.1, 0.15) is 37.8 Å². The van der Waals surface area contributed by atoms with E-state index in [2.05, 4.69) is 42.2 Å². The quantitative estimate of drug-likeness (QED) is 0.294. The van der Waals surface area contributed by atoms with E-state index in [1.807, 2.05) is 19.9 Å². The summed E-state index contributed by atoms with van der Waals surface area (Å²) in [6.45, 7) is 8.98. The van der Waals surface area contributed by atoms with Gasteiger partial charge in [0.25, 0.3) is 0 Å². The van der Waals surface area contributed by atoms with E-state index in [1.54, 1.807) is 31.3 Å². The first-order valence-corrected chi connectivity index (χ1v) is 15.3. The number of aryl methyl sites for hydroxylation is 2. The predicted molar refractivity (Wildman–Crippen MR) is 160 cm³/mol. The minimum atomic E-state index is -3.56. The lowest BCUT2D eigenvalue weighted by Crippen LogP contribution is -2.45. The SMILES string of the molecule is CCc1cc(Nc2ncc(C)c(Nc3ccc(Cl)c(NS(=O)(=O)C4(C)CC4)c3)n2)cc(F)c1N1CCN(C)CC1. The minimum Gasteiger partial charge on any atom is -0.366 e. The van der Waals surface area contributed by atoms with Gasteiger partial charge in [0.1, 0.15) is 11.6 Å². The number of anilines is 6. The van der Waals surface area contributed by atoms with Gasteiger partial charge >= 0.3 is 0 Å². The lowest BCUT2D eigenvalue weighted by Gasteiger charge is -2.35. The Morgan fingerprint density at radius 3 is 2.48 bits per heavy atom. The summed E-state index contributed by atoms with van der Waals surface area (Å²) in [5.74, 6) is 0.555. The molecule has 214 valence electrons. The van der Waals surface area contributed by atoms with Crippen LogP contribution < -0.4 is 20.3 Å². The lowest BCUT2D eigenvalue weighted by atomic mass is 10.1. The number of aromatic nitrogens is 2. The van der Waals surface area contributed by atoms with E-state index in [0.717, 1.165) is 37.3 Å². The van der Waals surface area contributed by atoms with Gasteiger partial charge in [-0.1, -0.05) is 18.5 Å². The molecule has 5 rings (SSSR count). The van der Waals surface area contributed by atoms with Gasteiger partial charge in [-0.3, -0.25) is 4.72 Å². The van der Waals surface area contributed by atoms with Crippen molar-refractivity contribution in [1.29, 1.82) is 0 Å². The minimum absolute atomic E-state index is 0.270. The molecule has 2 aliphatic rings. The number of benzene rings is 2. The van der Waals surface area contributed by atoms with Gasteiger partial charge in [0.05, 0.1) is 21.1 Å². The maximum atomic E-state index is 15.4. The summed E-state index contributed by atoms with van der Waals surface area (Å²) in [6.07, 6.45) is 3.60. The Morgan fingerprint density at radius 1 is 1.07 bits per heavy atom. The zero-order chi connectivity index (χ0) is 28.7. The summed E-state index contributed by atoms with van der Waals surface area (Å²) < 4.78 is 42.7. The number of hydrogen-bond donors (Lipinski definition) is 3. The second-order valence-electron chi connectivity index (χ2n) is 10.8. The van der Waals surface area contributed by atoms with E-state index in [4.69, 9.17) is 11.6 Å². The average Bonchev–Trinajstić information content (AvgIpc) is 3.67. The van der Waals surface area contributed by atoms with E-state index in [0.29, 0.717) is 58.8 Å². The summed E-state index contributed by atoms with van der Waals surface area (Å²) in [4.78, 5) is 13.3. The number of rotatable bonds is 9. The van der Waals surface area contributed by atoms with E-state index in [1.165, 1.54) is 6.07 Å². The Labute approximate surface area is 240 Å². The zero-order valence-corrected chi connectivity index (χ0v) is 24.8. The first-order valence-electron chi connectivity index (χ1n) is 13.4. The molecule has 2 fully saturated rings. The Kier molecular flexibility index (Phi) is 7.82. The molecule has 0 unspecified atom stereocenters. The van der Waals surface area contributed by atoms with Crippen LogP contribution in [0, 0.1) is 12.7 Å². The van der Waals surface area contributed by atoms with Crippen LogP contribution in [0.2, 0.25) is 5.02 Å². The Morgan fingerprint density at radius 2 is 1.80 bits per heavy atom. The van der Waals surface area contributed by atoms with Gasteiger partial charge in [0, 0.05) is 49.3 Å². The van der Waals surface area contributed by atoms with Gasteiger partial charge in [-0.2, -0.15) is 4.98 Å². The van der Waals surface area contributed by atoms with Gasteiger partial charge in [0.2, 0.25) is 16.0 Å². The van der Waals surface area contributed by atoms with Crippen molar-refractivity contribution < 1.29 is 12.8 Å². The molecule has 1 saturated carbocycles. The highest BCUT2D eigenvalue weighted by atomic mass is 35.5. The molecule has 1 aliphatic heterocycles. The van der Waals surface area contributed by atoms with Crippen molar-refractivity contribution in [1.82, 2.24) is 14.9 Å². The number of likely N-dealkylation sites (N-methyl/N-ethyl adjacent to an activating group) is 1. The third-order valence-corrected chi connectivity index (χ3v) is 10.2. The molecule has 40 heavy (non-hydrogen) atoms. The standard InChI is InChI=1S/C28H35ClFN7O2S/c1-5-19-14-21(15-23(30)25(19)37-12-10-36(4)11-13-37)33-27-31-17-18(2)26(34-27)32-20-6-7-22(29)24(16-20)35-40(38,39)28(3)8-9-28/h6-7,14-17,35H,5,8-13H2,1-4H3,(H2,31,32,33,34). The molecule has 9 nitrogen and oxygen atoms in total. The van der Waals surface area contributed by atoms with Crippen molar-refractivity contribution in [2.75, 3.05) is 53.5 Å². The summed E-state index contributed by atoms with van der Waals surface area (Å²) >= 11 is 6.30. The summed E-state index contributed by atoms with van der Waals surface area (Å²) in [7, 11) is -1.48. The van der Waals surface area contributed by atoms with E-state index in [-0.39, 0.29) is 5.82 Å². The first-order chi connectivity index (χ1) is 19.0. The summed E-state index contributed by atoms with van der Waals surface area (Å²) in [5.41, 5.74) is 3.84.